The molecule has 32 heavy (non-hydrogen) atoms. The zero-order valence-corrected chi connectivity index (χ0v) is 20.4. The van der Waals surface area contributed by atoms with Gasteiger partial charge in [0.15, 0.2) is 17.3 Å². The molecule has 6 nitrogen and oxygen atoms in total. The highest BCUT2D eigenvalue weighted by atomic mass is 35.5. The number of rotatable bonds is 11. The Morgan fingerprint density at radius 3 is 2.22 bits per heavy atom. The minimum atomic E-state index is 0.175. The minimum Gasteiger partial charge on any atom is -0.493 e. The summed E-state index contributed by atoms with van der Waals surface area (Å²) >= 11 is 6.09. The van der Waals surface area contributed by atoms with Crippen molar-refractivity contribution in [1.29, 1.82) is 0 Å². The van der Waals surface area contributed by atoms with Crippen LogP contribution in [0.5, 0.6) is 11.5 Å². The number of unbranched alkanes of at least 4 members (excludes halogenated alkanes) is 1. The maximum absolute atomic E-state index is 6.09. The van der Waals surface area contributed by atoms with Crippen LogP contribution >= 0.6 is 11.6 Å². The number of hydrogen-bond acceptors (Lipinski definition) is 6. The normalized spacial score (nSPS) is 12.2. The van der Waals surface area contributed by atoms with Gasteiger partial charge in [0.1, 0.15) is 5.82 Å². The van der Waals surface area contributed by atoms with Gasteiger partial charge in [-0.3, -0.25) is 4.90 Å². The van der Waals surface area contributed by atoms with Crippen LogP contribution < -0.4 is 14.8 Å². The molecule has 0 aliphatic heterocycles. The lowest BCUT2D eigenvalue weighted by atomic mass is 10.1. The molecule has 1 heterocycles. The van der Waals surface area contributed by atoms with E-state index in [9.17, 15) is 0 Å². The number of halogens is 1. The fourth-order valence-corrected chi connectivity index (χ4v) is 3.99. The van der Waals surface area contributed by atoms with Crippen LogP contribution in [0.15, 0.2) is 36.4 Å². The molecule has 3 aromatic rings. The van der Waals surface area contributed by atoms with Gasteiger partial charge in [-0.1, -0.05) is 45.2 Å². The van der Waals surface area contributed by atoms with Gasteiger partial charge in [-0.25, -0.2) is 9.97 Å². The van der Waals surface area contributed by atoms with Gasteiger partial charge in [-0.2, -0.15) is 0 Å². The van der Waals surface area contributed by atoms with Crippen LogP contribution in [-0.2, 0) is 0 Å². The summed E-state index contributed by atoms with van der Waals surface area (Å²) in [5.74, 6) is 2.71. The molecule has 1 aromatic heterocycles. The summed E-state index contributed by atoms with van der Waals surface area (Å²) in [6, 6.07) is 11.4. The summed E-state index contributed by atoms with van der Waals surface area (Å²) in [7, 11) is 3.27. The van der Waals surface area contributed by atoms with E-state index in [0.29, 0.717) is 22.3 Å². The molecule has 0 amide bonds. The zero-order chi connectivity index (χ0) is 23.1. The Kier molecular flexibility index (Phi) is 8.53. The molecule has 0 saturated carbocycles. The Morgan fingerprint density at radius 2 is 1.62 bits per heavy atom. The van der Waals surface area contributed by atoms with Crippen molar-refractivity contribution in [3.05, 3.63) is 41.4 Å². The fourth-order valence-electron chi connectivity index (χ4n) is 3.86. The van der Waals surface area contributed by atoms with Crippen LogP contribution in [-0.4, -0.2) is 48.3 Å². The SMILES string of the molecule is CCCCC(Nc1nc(-c2ccc(Cl)cc2)nc2cc(OC)c(OC)cc12)N(CC)CC. The smallest absolute Gasteiger partial charge is 0.162 e. The number of fused-ring (bicyclic) bond motifs is 1. The van der Waals surface area contributed by atoms with Crippen molar-refractivity contribution in [2.24, 2.45) is 0 Å². The second-order valence-electron chi connectivity index (χ2n) is 7.65. The largest absolute Gasteiger partial charge is 0.493 e. The van der Waals surface area contributed by atoms with Crippen molar-refractivity contribution in [2.45, 2.75) is 46.2 Å². The predicted octanol–water partition coefficient (Wildman–Crippen LogP) is 6.24. The molecule has 172 valence electrons. The second kappa shape index (κ2) is 11.3. The van der Waals surface area contributed by atoms with Gasteiger partial charge in [0, 0.05) is 22.0 Å². The van der Waals surface area contributed by atoms with Crippen molar-refractivity contribution in [1.82, 2.24) is 14.9 Å². The lowest BCUT2D eigenvalue weighted by Crippen LogP contribution is -2.41. The first kappa shape index (κ1) is 24.1. The van der Waals surface area contributed by atoms with Gasteiger partial charge in [-0.05, 0) is 49.8 Å². The van der Waals surface area contributed by atoms with E-state index in [1.54, 1.807) is 14.2 Å². The van der Waals surface area contributed by atoms with Gasteiger partial charge in [0.05, 0.1) is 25.9 Å². The number of methoxy groups -OCH3 is 2. The van der Waals surface area contributed by atoms with Gasteiger partial charge in [0.25, 0.3) is 0 Å². The van der Waals surface area contributed by atoms with Crippen LogP contribution in [0.2, 0.25) is 5.02 Å². The molecule has 3 rings (SSSR count). The molecule has 0 bridgehead atoms. The van der Waals surface area contributed by atoms with Crippen LogP contribution in [0.3, 0.4) is 0 Å². The Bertz CT molecular complexity index is 1020. The maximum atomic E-state index is 6.09. The standard InChI is InChI=1S/C25H33ClN4O2/c1-6-9-10-23(30(7-2)8-3)28-25-19-15-21(31-4)22(32-5)16-20(19)27-24(29-25)17-11-13-18(26)14-12-17/h11-16,23H,6-10H2,1-5H3,(H,27,28,29). The van der Waals surface area contributed by atoms with E-state index >= 15 is 0 Å². The Hall–Kier alpha value is -2.57. The summed E-state index contributed by atoms with van der Waals surface area (Å²) in [6.45, 7) is 8.52. The molecule has 7 heteroatoms. The van der Waals surface area contributed by atoms with E-state index in [0.717, 1.165) is 54.6 Å². The predicted molar refractivity (Wildman–Crippen MR) is 133 cm³/mol. The third-order valence-corrected chi connectivity index (χ3v) is 5.94. The van der Waals surface area contributed by atoms with Crippen molar-refractivity contribution in [3.63, 3.8) is 0 Å². The Labute approximate surface area is 195 Å². The molecule has 0 fully saturated rings. The lowest BCUT2D eigenvalue weighted by molar-refractivity contribution is 0.224. The molecule has 1 N–H and O–H groups in total. The molecule has 2 aromatic carbocycles. The van der Waals surface area contributed by atoms with Crippen LogP contribution in [0, 0.1) is 0 Å². The zero-order valence-electron chi connectivity index (χ0n) is 19.6. The average molecular weight is 457 g/mol. The van der Waals surface area contributed by atoms with E-state index < -0.39 is 0 Å². The molecular formula is C25H33ClN4O2. The number of ether oxygens (including phenoxy) is 2. The second-order valence-corrected chi connectivity index (χ2v) is 8.09. The molecule has 0 spiro atoms. The number of nitrogens with zero attached hydrogens (tertiary/aromatic N) is 3. The van der Waals surface area contributed by atoms with Crippen molar-refractivity contribution in [3.8, 4) is 22.9 Å². The van der Waals surface area contributed by atoms with Crippen LogP contribution in [0.1, 0.15) is 40.0 Å². The molecule has 1 unspecified atom stereocenters. The van der Waals surface area contributed by atoms with Gasteiger partial charge >= 0.3 is 0 Å². The average Bonchev–Trinajstić information content (AvgIpc) is 2.82. The minimum absolute atomic E-state index is 0.175. The van der Waals surface area contributed by atoms with Gasteiger partial charge in [0.2, 0.25) is 0 Å². The van der Waals surface area contributed by atoms with E-state index in [1.807, 2.05) is 36.4 Å². The topological polar surface area (TPSA) is 59.5 Å². The molecule has 0 saturated heterocycles. The first-order chi connectivity index (χ1) is 15.5. The first-order valence-electron chi connectivity index (χ1n) is 11.2. The molecule has 0 aliphatic rings. The highest BCUT2D eigenvalue weighted by Crippen LogP contribution is 2.36. The number of benzene rings is 2. The summed E-state index contributed by atoms with van der Waals surface area (Å²) in [4.78, 5) is 12.2. The van der Waals surface area contributed by atoms with E-state index in [2.05, 4.69) is 31.0 Å². The summed E-state index contributed by atoms with van der Waals surface area (Å²) in [5.41, 5.74) is 1.70. The lowest BCUT2D eigenvalue weighted by Gasteiger charge is -2.31. The van der Waals surface area contributed by atoms with Crippen molar-refractivity contribution < 1.29 is 9.47 Å². The Balaban J connectivity index is 2.16. The van der Waals surface area contributed by atoms with Gasteiger partial charge in [-0.15, -0.1) is 0 Å². The third-order valence-electron chi connectivity index (χ3n) is 5.69. The summed E-state index contributed by atoms with van der Waals surface area (Å²) in [5, 5.41) is 5.30. The highest BCUT2D eigenvalue weighted by molar-refractivity contribution is 6.30. The molecule has 0 radical (unpaired) electrons. The van der Waals surface area contributed by atoms with E-state index in [1.165, 1.54) is 0 Å². The monoisotopic (exact) mass is 456 g/mol. The highest BCUT2D eigenvalue weighted by Gasteiger charge is 2.20. The number of anilines is 1. The van der Waals surface area contributed by atoms with E-state index in [-0.39, 0.29) is 6.17 Å². The van der Waals surface area contributed by atoms with Crippen LogP contribution in [0.4, 0.5) is 5.82 Å². The van der Waals surface area contributed by atoms with E-state index in [4.69, 9.17) is 31.0 Å². The Morgan fingerprint density at radius 1 is 0.969 bits per heavy atom. The summed E-state index contributed by atoms with van der Waals surface area (Å²) < 4.78 is 11.1. The maximum Gasteiger partial charge on any atom is 0.162 e. The third kappa shape index (κ3) is 5.43. The number of hydrogen-bond donors (Lipinski definition) is 1. The van der Waals surface area contributed by atoms with Crippen molar-refractivity contribution in [2.75, 3.05) is 32.6 Å². The summed E-state index contributed by atoms with van der Waals surface area (Å²) in [6.07, 6.45) is 3.49. The van der Waals surface area contributed by atoms with Crippen molar-refractivity contribution >= 4 is 28.3 Å². The molecular weight excluding hydrogens is 424 g/mol. The quantitative estimate of drug-likeness (QED) is 0.345. The fraction of sp³-hybridized carbons (Fsp3) is 0.440. The number of aromatic nitrogens is 2. The molecule has 1 atom stereocenters. The number of nitrogens with one attached hydrogen (secondary N) is 1. The van der Waals surface area contributed by atoms with Gasteiger partial charge < -0.3 is 14.8 Å². The van der Waals surface area contributed by atoms with Crippen LogP contribution in [0.25, 0.3) is 22.3 Å². The first-order valence-corrected chi connectivity index (χ1v) is 11.6. The molecule has 0 aliphatic carbocycles.